The first-order valence-corrected chi connectivity index (χ1v) is 10.4. The van der Waals surface area contributed by atoms with E-state index < -0.39 is 9.84 Å². The second-order valence-electron chi connectivity index (χ2n) is 4.52. The van der Waals surface area contributed by atoms with E-state index in [-0.39, 0.29) is 4.21 Å². The number of hydrogen-bond donors (Lipinski definition) is 0. The standard InChI is InChI=1S/C11H11N5O2S4/c1-6-4-8(19-7(6)2)16-10(13-14-15-16)21-11-12-5-9(20-11)22(3,17)18/h4-5H,1-3H3. The van der Waals surface area contributed by atoms with Crippen LogP contribution in [-0.2, 0) is 9.84 Å². The zero-order valence-corrected chi connectivity index (χ0v) is 15.1. The molecule has 11 heteroatoms. The third kappa shape index (κ3) is 3.07. The minimum absolute atomic E-state index is 0.233. The molecule has 0 radical (unpaired) electrons. The highest BCUT2D eigenvalue weighted by molar-refractivity contribution is 8.01. The molecule has 0 unspecified atom stereocenters. The van der Waals surface area contributed by atoms with Gasteiger partial charge in [0.05, 0.1) is 6.20 Å². The van der Waals surface area contributed by atoms with Gasteiger partial charge in [0.15, 0.2) is 14.2 Å². The Morgan fingerprint density at radius 1 is 1.27 bits per heavy atom. The predicted octanol–water partition coefficient (Wildman–Crippen LogP) is 2.35. The summed E-state index contributed by atoms with van der Waals surface area (Å²) in [6, 6.07) is 2.02. The molecule has 3 heterocycles. The molecule has 3 aromatic rings. The zero-order chi connectivity index (χ0) is 15.9. The summed E-state index contributed by atoms with van der Waals surface area (Å²) in [6.07, 6.45) is 2.52. The Morgan fingerprint density at radius 3 is 2.64 bits per heavy atom. The quantitative estimate of drug-likeness (QED) is 0.693. The lowest BCUT2D eigenvalue weighted by atomic mass is 10.3. The Balaban J connectivity index is 1.91. The van der Waals surface area contributed by atoms with Gasteiger partial charge in [-0.25, -0.2) is 13.4 Å². The van der Waals surface area contributed by atoms with Crippen LogP contribution in [0, 0.1) is 13.8 Å². The molecule has 7 nitrogen and oxygen atoms in total. The summed E-state index contributed by atoms with van der Waals surface area (Å²) in [5.74, 6) is 0. The van der Waals surface area contributed by atoms with Crippen LogP contribution in [-0.4, -0.2) is 39.9 Å². The maximum Gasteiger partial charge on any atom is 0.221 e. The molecule has 0 aliphatic rings. The van der Waals surface area contributed by atoms with E-state index in [0.29, 0.717) is 9.50 Å². The molecule has 0 spiro atoms. The number of nitrogens with zero attached hydrogens (tertiary/aromatic N) is 5. The molecule has 0 amide bonds. The average molecular weight is 374 g/mol. The molecule has 0 saturated carbocycles. The molecular weight excluding hydrogens is 362 g/mol. The van der Waals surface area contributed by atoms with Crippen LogP contribution in [0.3, 0.4) is 0 Å². The van der Waals surface area contributed by atoms with Gasteiger partial charge in [0.25, 0.3) is 0 Å². The van der Waals surface area contributed by atoms with Crippen molar-refractivity contribution in [3.8, 4) is 5.00 Å². The van der Waals surface area contributed by atoms with E-state index in [1.54, 1.807) is 16.0 Å². The highest BCUT2D eigenvalue weighted by Gasteiger charge is 2.17. The van der Waals surface area contributed by atoms with Gasteiger partial charge in [-0.2, -0.15) is 4.68 Å². The highest BCUT2D eigenvalue weighted by atomic mass is 32.2. The maximum absolute atomic E-state index is 11.5. The molecule has 0 aromatic carbocycles. The van der Waals surface area contributed by atoms with E-state index in [9.17, 15) is 8.42 Å². The van der Waals surface area contributed by atoms with Crippen LogP contribution in [0.1, 0.15) is 10.4 Å². The van der Waals surface area contributed by atoms with Crippen molar-refractivity contribution in [1.82, 2.24) is 25.2 Å². The molecule has 22 heavy (non-hydrogen) atoms. The van der Waals surface area contributed by atoms with Crippen molar-refractivity contribution in [2.75, 3.05) is 6.26 Å². The second kappa shape index (κ2) is 5.72. The number of tetrazole rings is 1. The van der Waals surface area contributed by atoms with E-state index in [4.69, 9.17) is 0 Å². The van der Waals surface area contributed by atoms with Crippen LogP contribution in [0.4, 0.5) is 0 Å². The van der Waals surface area contributed by atoms with Crippen molar-refractivity contribution in [3.63, 3.8) is 0 Å². The Morgan fingerprint density at radius 2 is 2.05 bits per heavy atom. The smallest absolute Gasteiger partial charge is 0.221 e. The number of aromatic nitrogens is 5. The normalized spacial score (nSPS) is 12.0. The molecular formula is C11H11N5O2S4. The SMILES string of the molecule is Cc1cc(-n2nnnc2Sc2ncc(S(C)(=O)=O)s2)sc1C. The lowest BCUT2D eigenvalue weighted by Crippen LogP contribution is -1.95. The highest BCUT2D eigenvalue weighted by Crippen LogP contribution is 2.33. The van der Waals surface area contributed by atoms with Crippen LogP contribution in [0.25, 0.3) is 5.00 Å². The van der Waals surface area contributed by atoms with Crippen LogP contribution in [0.2, 0.25) is 0 Å². The lowest BCUT2D eigenvalue weighted by Gasteiger charge is -1.98. The summed E-state index contributed by atoms with van der Waals surface area (Å²) in [6.45, 7) is 4.08. The van der Waals surface area contributed by atoms with Crippen LogP contribution >= 0.6 is 34.4 Å². The number of rotatable bonds is 4. The summed E-state index contributed by atoms with van der Waals surface area (Å²) < 4.78 is 25.4. The topological polar surface area (TPSA) is 90.6 Å². The molecule has 0 N–H and O–H groups in total. The summed E-state index contributed by atoms with van der Waals surface area (Å²) in [5, 5.41) is 13.2. The Hall–Kier alpha value is -1.30. The fourth-order valence-corrected chi connectivity index (χ4v) is 5.46. The summed E-state index contributed by atoms with van der Waals surface area (Å²) in [4.78, 5) is 5.32. The summed E-state index contributed by atoms with van der Waals surface area (Å²) in [5.41, 5.74) is 1.18. The van der Waals surface area contributed by atoms with E-state index in [2.05, 4.69) is 20.5 Å². The van der Waals surface area contributed by atoms with E-state index >= 15 is 0 Å². The maximum atomic E-state index is 11.5. The third-order valence-electron chi connectivity index (χ3n) is 2.81. The summed E-state index contributed by atoms with van der Waals surface area (Å²) in [7, 11) is -3.24. The lowest BCUT2D eigenvalue weighted by molar-refractivity contribution is 0.603. The number of thiazole rings is 1. The van der Waals surface area contributed by atoms with Gasteiger partial charge in [-0.15, -0.1) is 16.4 Å². The van der Waals surface area contributed by atoms with E-state index in [1.165, 1.54) is 28.4 Å². The molecule has 0 saturated heterocycles. The van der Waals surface area contributed by atoms with Gasteiger partial charge in [0, 0.05) is 11.1 Å². The molecule has 0 bridgehead atoms. The third-order valence-corrected chi connectivity index (χ3v) is 7.74. The van der Waals surface area contributed by atoms with Crippen molar-refractivity contribution in [1.29, 1.82) is 0 Å². The van der Waals surface area contributed by atoms with Gasteiger partial charge in [-0.1, -0.05) is 11.3 Å². The van der Waals surface area contributed by atoms with Crippen molar-refractivity contribution in [3.05, 3.63) is 22.7 Å². The Bertz CT molecular complexity index is 905. The van der Waals surface area contributed by atoms with Gasteiger partial charge in [-0.05, 0) is 47.7 Å². The number of aryl methyl sites for hydroxylation is 2. The van der Waals surface area contributed by atoms with E-state index in [1.807, 2.05) is 19.9 Å². The summed E-state index contributed by atoms with van der Waals surface area (Å²) >= 11 is 3.95. The number of hydrogen-bond acceptors (Lipinski definition) is 9. The fourth-order valence-electron chi connectivity index (χ4n) is 1.58. The zero-order valence-electron chi connectivity index (χ0n) is 11.8. The second-order valence-corrected chi connectivity index (χ2v) is 10.2. The number of thiophene rings is 1. The molecule has 3 aromatic heterocycles. The van der Waals surface area contributed by atoms with Crippen molar-refractivity contribution < 1.29 is 8.42 Å². The van der Waals surface area contributed by atoms with Crippen molar-refractivity contribution >= 4 is 44.3 Å². The minimum atomic E-state index is -3.24. The Labute approximate surface area is 139 Å². The van der Waals surface area contributed by atoms with Crippen LogP contribution < -0.4 is 0 Å². The molecule has 0 aliphatic carbocycles. The van der Waals surface area contributed by atoms with Gasteiger partial charge >= 0.3 is 0 Å². The van der Waals surface area contributed by atoms with Crippen molar-refractivity contribution in [2.24, 2.45) is 0 Å². The van der Waals surface area contributed by atoms with Crippen LogP contribution in [0.15, 0.2) is 26.0 Å². The number of sulfone groups is 1. The molecule has 3 rings (SSSR count). The predicted molar refractivity (Wildman–Crippen MR) is 85.9 cm³/mol. The fraction of sp³-hybridized carbons (Fsp3) is 0.273. The van der Waals surface area contributed by atoms with Gasteiger partial charge < -0.3 is 0 Å². The molecule has 0 atom stereocenters. The first-order valence-electron chi connectivity index (χ1n) is 6.04. The minimum Gasteiger partial charge on any atom is -0.236 e. The largest absolute Gasteiger partial charge is 0.236 e. The van der Waals surface area contributed by atoms with Gasteiger partial charge in [0.1, 0.15) is 9.21 Å². The molecule has 0 fully saturated rings. The van der Waals surface area contributed by atoms with E-state index in [0.717, 1.165) is 22.6 Å². The molecule has 0 aliphatic heterocycles. The van der Waals surface area contributed by atoms with Crippen molar-refractivity contribution in [2.45, 2.75) is 27.6 Å². The first-order chi connectivity index (χ1) is 10.3. The first kappa shape index (κ1) is 15.6. The average Bonchev–Trinajstić information content (AvgIpc) is 3.11. The van der Waals surface area contributed by atoms with Gasteiger partial charge in [0.2, 0.25) is 5.16 Å². The van der Waals surface area contributed by atoms with Gasteiger partial charge in [-0.3, -0.25) is 0 Å². The Kier molecular flexibility index (Phi) is 4.05. The molecule has 116 valence electrons. The van der Waals surface area contributed by atoms with Crippen LogP contribution in [0.5, 0.6) is 0 Å². The monoisotopic (exact) mass is 373 g/mol.